The van der Waals surface area contributed by atoms with E-state index in [1.54, 1.807) is 10.8 Å². The normalized spacial score (nSPS) is 14.6. The van der Waals surface area contributed by atoms with Gasteiger partial charge in [0.05, 0.1) is 12.3 Å². The molecule has 0 aromatic carbocycles. The van der Waals surface area contributed by atoms with Gasteiger partial charge in [-0.3, -0.25) is 4.68 Å². The smallest absolute Gasteiger partial charge is 0.170 e. The van der Waals surface area contributed by atoms with Gasteiger partial charge in [0, 0.05) is 17.8 Å². The molecule has 2 unspecified atom stereocenters. The molecule has 0 amide bonds. The van der Waals surface area contributed by atoms with Crippen molar-refractivity contribution in [1.29, 1.82) is 5.26 Å². The molecule has 2 N–H and O–H groups in total. The predicted molar refractivity (Wildman–Crippen MR) is 53.8 cm³/mol. The second-order valence-corrected chi connectivity index (χ2v) is 3.43. The van der Waals surface area contributed by atoms with E-state index in [0.29, 0.717) is 5.56 Å². The summed E-state index contributed by atoms with van der Waals surface area (Å²) in [6, 6.07) is 1.60. The van der Waals surface area contributed by atoms with Crippen LogP contribution in [0.25, 0.3) is 0 Å². The molecule has 1 heterocycles. The first-order valence-electron chi connectivity index (χ1n) is 4.89. The van der Waals surface area contributed by atoms with Crippen LogP contribution < -0.4 is 0 Å². The minimum atomic E-state index is -1.40. The lowest BCUT2D eigenvalue weighted by Gasteiger charge is -2.11. The first-order valence-corrected chi connectivity index (χ1v) is 4.89. The molecule has 0 bridgehead atoms. The fourth-order valence-corrected chi connectivity index (χ4v) is 1.43. The predicted octanol–water partition coefficient (Wildman–Crippen LogP) is 0.519. The minimum absolute atomic E-state index is 0.512. The van der Waals surface area contributed by atoms with Gasteiger partial charge >= 0.3 is 0 Å². The summed E-state index contributed by atoms with van der Waals surface area (Å²) in [5.74, 6) is 0. The Bertz CT molecular complexity index is 367. The zero-order valence-electron chi connectivity index (χ0n) is 8.88. The zero-order chi connectivity index (χ0) is 11.4. The Labute approximate surface area is 88.6 Å². The SMILES string of the molecule is CCCn1ncc(C(O)C(O)C#N)c1C. The summed E-state index contributed by atoms with van der Waals surface area (Å²) in [6.45, 7) is 4.61. The zero-order valence-corrected chi connectivity index (χ0v) is 8.88. The number of rotatable bonds is 4. The Hall–Kier alpha value is -1.38. The van der Waals surface area contributed by atoms with Crippen molar-refractivity contribution in [2.75, 3.05) is 0 Å². The highest BCUT2D eigenvalue weighted by Gasteiger charge is 2.21. The molecule has 0 saturated carbocycles. The first kappa shape index (κ1) is 11.7. The highest BCUT2D eigenvalue weighted by Crippen LogP contribution is 2.20. The summed E-state index contributed by atoms with van der Waals surface area (Å²) in [4.78, 5) is 0. The Morgan fingerprint density at radius 2 is 2.27 bits per heavy atom. The van der Waals surface area contributed by atoms with E-state index in [1.165, 1.54) is 6.20 Å². The second kappa shape index (κ2) is 4.91. The van der Waals surface area contributed by atoms with E-state index >= 15 is 0 Å². The largest absolute Gasteiger partial charge is 0.384 e. The molecule has 0 aliphatic rings. The van der Waals surface area contributed by atoms with Crippen LogP contribution in [0, 0.1) is 18.3 Å². The van der Waals surface area contributed by atoms with Gasteiger partial charge in [0.1, 0.15) is 6.10 Å². The molecule has 0 radical (unpaired) electrons. The Morgan fingerprint density at radius 1 is 1.60 bits per heavy atom. The average molecular weight is 209 g/mol. The van der Waals surface area contributed by atoms with E-state index in [9.17, 15) is 10.2 Å². The van der Waals surface area contributed by atoms with E-state index in [0.717, 1.165) is 18.7 Å². The van der Waals surface area contributed by atoms with Gasteiger partial charge < -0.3 is 10.2 Å². The van der Waals surface area contributed by atoms with Crippen LogP contribution in [0.5, 0.6) is 0 Å². The molecule has 0 saturated heterocycles. The van der Waals surface area contributed by atoms with Crippen LogP contribution in [-0.4, -0.2) is 26.1 Å². The fourth-order valence-electron chi connectivity index (χ4n) is 1.43. The van der Waals surface area contributed by atoms with Gasteiger partial charge in [0.2, 0.25) is 0 Å². The van der Waals surface area contributed by atoms with Crippen molar-refractivity contribution in [2.24, 2.45) is 0 Å². The first-order chi connectivity index (χ1) is 7.11. The van der Waals surface area contributed by atoms with E-state index < -0.39 is 12.2 Å². The average Bonchev–Trinajstić information content (AvgIpc) is 2.59. The molecule has 5 nitrogen and oxygen atoms in total. The Balaban J connectivity index is 2.91. The van der Waals surface area contributed by atoms with Crippen molar-refractivity contribution >= 4 is 0 Å². The number of aliphatic hydroxyl groups excluding tert-OH is 2. The molecule has 2 atom stereocenters. The van der Waals surface area contributed by atoms with Crippen molar-refractivity contribution in [3.8, 4) is 6.07 Å². The Kier molecular flexibility index (Phi) is 3.83. The number of aryl methyl sites for hydroxylation is 1. The number of hydrogen-bond donors (Lipinski definition) is 2. The second-order valence-electron chi connectivity index (χ2n) is 3.43. The van der Waals surface area contributed by atoms with E-state index in [4.69, 9.17) is 5.26 Å². The molecular formula is C10H15N3O2. The molecule has 0 aliphatic heterocycles. The highest BCUT2D eigenvalue weighted by molar-refractivity contribution is 5.21. The monoisotopic (exact) mass is 209 g/mol. The van der Waals surface area contributed by atoms with Crippen LogP contribution in [0.1, 0.15) is 30.7 Å². The minimum Gasteiger partial charge on any atom is -0.384 e. The molecule has 5 heteroatoms. The maximum Gasteiger partial charge on any atom is 0.170 e. The lowest BCUT2D eigenvalue weighted by molar-refractivity contribution is 0.0523. The summed E-state index contributed by atoms with van der Waals surface area (Å²) in [7, 11) is 0. The molecule has 1 rings (SSSR count). The van der Waals surface area contributed by atoms with Crippen LogP contribution in [0.4, 0.5) is 0 Å². The lowest BCUT2D eigenvalue weighted by atomic mass is 10.1. The molecule has 15 heavy (non-hydrogen) atoms. The third-order valence-electron chi connectivity index (χ3n) is 2.33. The number of aromatic nitrogens is 2. The highest BCUT2D eigenvalue weighted by atomic mass is 16.3. The standard InChI is InChI=1S/C10H15N3O2/c1-3-4-13-7(2)8(6-12-13)10(15)9(14)5-11/h6,9-10,14-15H,3-4H2,1-2H3. The number of aliphatic hydroxyl groups is 2. The van der Waals surface area contributed by atoms with Gasteiger partial charge in [-0.15, -0.1) is 0 Å². The van der Waals surface area contributed by atoms with Crippen LogP contribution in [0.2, 0.25) is 0 Å². The summed E-state index contributed by atoms with van der Waals surface area (Å²) in [5.41, 5.74) is 1.30. The summed E-state index contributed by atoms with van der Waals surface area (Å²) in [6.07, 6.45) is -0.140. The van der Waals surface area contributed by atoms with Crippen LogP contribution in [0.15, 0.2) is 6.20 Å². The van der Waals surface area contributed by atoms with E-state index in [2.05, 4.69) is 5.10 Å². The lowest BCUT2D eigenvalue weighted by Crippen LogP contribution is -2.16. The van der Waals surface area contributed by atoms with E-state index in [1.807, 2.05) is 13.8 Å². The van der Waals surface area contributed by atoms with Gasteiger partial charge in [-0.05, 0) is 13.3 Å². The van der Waals surface area contributed by atoms with Crippen molar-refractivity contribution in [3.05, 3.63) is 17.5 Å². The quantitative estimate of drug-likeness (QED) is 0.708. The van der Waals surface area contributed by atoms with Crippen molar-refractivity contribution in [3.63, 3.8) is 0 Å². The van der Waals surface area contributed by atoms with E-state index in [-0.39, 0.29) is 0 Å². The summed E-state index contributed by atoms with van der Waals surface area (Å²) >= 11 is 0. The third-order valence-corrected chi connectivity index (χ3v) is 2.33. The van der Waals surface area contributed by atoms with Gasteiger partial charge in [0.25, 0.3) is 0 Å². The molecule has 0 spiro atoms. The molecule has 1 aromatic heterocycles. The number of nitrogens with zero attached hydrogens (tertiary/aromatic N) is 3. The number of hydrogen-bond acceptors (Lipinski definition) is 4. The van der Waals surface area contributed by atoms with Crippen molar-refractivity contribution in [1.82, 2.24) is 9.78 Å². The van der Waals surface area contributed by atoms with Crippen molar-refractivity contribution in [2.45, 2.75) is 39.0 Å². The maximum absolute atomic E-state index is 9.63. The van der Waals surface area contributed by atoms with Gasteiger partial charge in [-0.2, -0.15) is 10.4 Å². The summed E-state index contributed by atoms with van der Waals surface area (Å²) < 4.78 is 1.75. The molecule has 1 aromatic rings. The molecule has 0 fully saturated rings. The third kappa shape index (κ3) is 2.35. The van der Waals surface area contributed by atoms with Gasteiger partial charge in [-0.25, -0.2) is 0 Å². The van der Waals surface area contributed by atoms with Crippen LogP contribution in [-0.2, 0) is 6.54 Å². The van der Waals surface area contributed by atoms with Crippen molar-refractivity contribution < 1.29 is 10.2 Å². The topological polar surface area (TPSA) is 82.1 Å². The van der Waals surface area contributed by atoms with Gasteiger partial charge in [0.15, 0.2) is 6.10 Å². The summed E-state index contributed by atoms with van der Waals surface area (Å²) in [5, 5.41) is 31.4. The van der Waals surface area contributed by atoms with Crippen LogP contribution >= 0.6 is 0 Å². The Morgan fingerprint density at radius 3 is 2.80 bits per heavy atom. The number of nitriles is 1. The van der Waals surface area contributed by atoms with Crippen LogP contribution in [0.3, 0.4) is 0 Å². The maximum atomic E-state index is 9.63. The van der Waals surface area contributed by atoms with Gasteiger partial charge in [-0.1, -0.05) is 6.92 Å². The molecule has 0 aliphatic carbocycles. The fraction of sp³-hybridized carbons (Fsp3) is 0.600. The molecule has 82 valence electrons. The molecular weight excluding hydrogens is 194 g/mol.